The van der Waals surface area contributed by atoms with Gasteiger partial charge in [-0.15, -0.1) is 0 Å². The topological polar surface area (TPSA) is 76.2 Å². The van der Waals surface area contributed by atoms with Gasteiger partial charge in [0.15, 0.2) is 0 Å². The van der Waals surface area contributed by atoms with E-state index in [0.29, 0.717) is 17.2 Å². The third-order valence-corrected chi connectivity index (χ3v) is 4.98. The number of hydrogen-bond acceptors (Lipinski definition) is 5. The molecule has 0 N–H and O–H groups in total. The van der Waals surface area contributed by atoms with E-state index in [1.54, 1.807) is 43.4 Å². The Morgan fingerprint density at radius 3 is 2.23 bits per heavy atom. The van der Waals surface area contributed by atoms with Crippen molar-refractivity contribution in [3.63, 3.8) is 0 Å². The van der Waals surface area contributed by atoms with Gasteiger partial charge in [0, 0.05) is 18.8 Å². The van der Waals surface area contributed by atoms with Crippen molar-refractivity contribution < 1.29 is 22.7 Å². The van der Waals surface area contributed by atoms with Gasteiger partial charge in [-0.25, -0.2) is 8.42 Å². The van der Waals surface area contributed by atoms with Gasteiger partial charge in [0.25, 0.3) is 0 Å². The maximum atomic E-state index is 12.7. The van der Waals surface area contributed by atoms with Crippen LogP contribution in [-0.4, -0.2) is 48.4 Å². The Morgan fingerprint density at radius 2 is 1.69 bits per heavy atom. The Bertz CT molecular complexity index is 868. The molecule has 2 aromatic carbocycles. The lowest BCUT2D eigenvalue weighted by molar-refractivity contribution is -0.116. The monoisotopic (exact) mass is 378 g/mol. The molecule has 2 aromatic rings. The fourth-order valence-corrected chi connectivity index (χ4v) is 3.24. The summed E-state index contributed by atoms with van der Waals surface area (Å²) in [6.07, 6.45) is 1.04. The molecule has 26 heavy (non-hydrogen) atoms. The van der Waals surface area contributed by atoms with E-state index in [1.165, 1.54) is 25.2 Å². The summed E-state index contributed by atoms with van der Waals surface area (Å²) in [6.45, 7) is -0.367. The highest BCUT2D eigenvalue weighted by atomic mass is 32.2. The van der Waals surface area contributed by atoms with E-state index in [9.17, 15) is 13.2 Å². The van der Waals surface area contributed by atoms with Gasteiger partial charge in [-0.3, -0.25) is 9.10 Å². The molecular weight excluding hydrogens is 356 g/mol. The maximum Gasteiger partial charge on any atom is 0.247 e. The molecule has 0 aliphatic rings. The molecular formula is C18H22N2O5S. The lowest BCUT2D eigenvalue weighted by atomic mass is 10.2. The number of ether oxygens (including phenoxy) is 2. The molecule has 2 rings (SSSR count). The van der Waals surface area contributed by atoms with E-state index >= 15 is 0 Å². The predicted octanol–water partition coefficient (Wildman–Crippen LogP) is 2.13. The largest absolute Gasteiger partial charge is 0.497 e. The van der Waals surface area contributed by atoms with Crippen LogP contribution in [0.2, 0.25) is 0 Å². The third kappa shape index (κ3) is 4.45. The molecule has 0 unspecified atom stereocenters. The van der Waals surface area contributed by atoms with Gasteiger partial charge in [0.2, 0.25) is 15.9 Å². The molecule has 0 atom stereocenters. The molecule has 0 saturated heterocycles. The zero-order chi connectivity index (χ0) is 19.3. The number of benzene rings is 2. The first-order chi connectivity index (χ1) is 12.3. The average molecular weight is 378 g/mol. The van der Waals surface area contributed by atoms with Crippen LogP contribution in [0, 0.1) is 0 Å². The first-order valence-corrected chi connectivity index (χ1v) is 9.64. The van der Waals surface area contributed by atoms with Crippen LogP contribution in [0.4, 0.5) is 11.4 Å². The number of amides is 1. The Morgan fingerprint density at radius 1 is 1.04 bits per heavy atom. The van der Waals surface area contributed by atoms with Gasteiger partial charge in [-0.05, 0) is 24.3 Å². The normalized spacial score (nSPS) is 10.9. The van der Waals surface area contributed by atoms with Crippen molar-refractivity contribution >= 4 is 27.3 Å². The second-order valence-electron chi connectivity index (χ2n) is 5.60. The van der Waals surface area contributed by atoms with Crippen molar-refractivity contribution in [2.24, 2.45) is 0 Å². The second-order valence-corrected chi connectivity index (χ2v) is 7.50. The summed E-state index contributed by atoms with van der Waals surface area (Å²) >= 11 is 0. The summed E-state index contributed by atoms with van der Waals surface area (Å²) in [6, 6.07) is 13.8. The van der Waals surface area contributed by atoms with Gasteiger partial charge in [0.05, 0.1) is 26.2 Å². The van der Waals surface area contributed by atoms with E-state index in [2.05, 4.69) is 0 Å². The number of hydrogen-bond donors (Lipinski definition) is 0. The lowest BCUT2D eigenvalue weighted by Gasteiger charge is -2.26. The highest BCUT2D eigenvalue weighted by Crippen LogP contribution is 2.33. The van der Waals surface area contributed by atoms with E-state index < -0.39 is 10.0 Å². The Balaban J connectivity index is 2.39. The smallest absolute Gasteiger partial charge is 0.247 e. The molecule has 8 heteroatoms. The summed E-state index contributed by atoms with van der Waals surface area (Å²) in [5, 5.41) is 0. The lowest BCUT2D eigenvalue weighted by Crippen LogP contribution is -2.41. The number of likely N-dealkylation sites (N-methyl/N-ethyl adjacent to an activating group) is 1. The van der Waals surface area contributed by atoms with Crippen LogP contribution in [0.5, 0.6) is 11.5 Å². The highest BCUT2D eigenvalue weighted by Gasteiger charge is 2.26. The zero-order valence-corrected chi connectivity index (χ0v) is 16.0. The molecule has 0 bridgehead atoms. The number of carbonyl (C=O) groups excluding carboxylic acids is 1. The fourth-order valence-electron chi connectivity index (χ4n) is 2.40. The molecule has 7 nitrogen and oxygen atoms in total. The van der Waals surface area contributed by atoms with Crippen LogP contribution >= 0.6 is 0 Å². The SMILES string of the molecule is COc1ccc(OC)c(N(CC(=O)N(C)c2ccccc2)S(C)(=O)=O)c1. The van der Waals surface area contributed by atoms with Crippen molar-refractivity contribution in [3.8, 4) is 11.5 Å². The van der Waals surface area contributed by atoms with Crippen LogP contribution in [0.3, 0.4) is 0 Å². The minimum Gasteiger partial charge on any atom is -0.497 e. The van der Waals surface area contributed by atoms with Gasteiger partial charge in [-0.2, -0.15) is 0 Å². The first-order valence-electron chi connectivity index (χ1n) is 7.79. The molecule has 0 aromatic heterocycles. The van der Waals surface area contributed by atoms with Gasteiger partial charge in [0.1, 0.15) is 18.0 Å². The molecule has 0 radical (unpaired) electrons. The second kappa shape index (κ2) is 8.09. The minimum atomic E-state index is -3.74. The maximum absolute atomic E-state index is 12.7. The molecule has 0 fully saturated rings. The number of anilines is 2. The summed E-state index contributed by atoms with van der Waals surface area (Å²) < 4.78 is 36.1. The van der Waals surface area contributed by atoms with Gasteiger partial charge < -0.3 is 14.4 Å². The third-order valence-electron chi connectivity index (χ3n) is 3.85. The quantitative estimate of drug-likeness (QED) is 0.738. The number of rotatable bonds is 7. The molecule has 0 aliphatic carbocycles. The number of sulfonamides is 1. The first kappa shape index (κ1) is 19.6. The van der Waals surface area contributed by atoms with E-state index in [4.69, 9.17) is 9.47 Å². The highest BCUT2D eigenvalue weighted by molar-refractivity contribution is 7.92. The van der Waals surface area contributed by atoms with Crippen molar-refractivity contribution in [1.82, 2.24) is 0 Å². The van der Waals surface area contributed by atoms with Crippen LogP contribution in [0.1, 0.15) is 0 Å². The molecule has 0 aliphatic heterocycles. The van der Waals surface area contributed by atoms with Gasteiger partial charge >= 0.3 is 0 Å². The Hall–Kier alpha value is -2.74. The molecule has 0 heterocycles. The standard InChI is InChI=1S/C18H22N2O5S/c1-19(14-8-6-5-7-9-14)18(21)13-20(26(4,22)23)16-12-15(24-2)10-11-17(16)25-3/h5-12H,13H2,1-4H3. The molecule has 0 saturated carbocycles. The van der Waals surface area contributed by atoms with Gasteiger partial charge in [-0.1, -0.05) is 18.2 Å². The van der Waals surface area contributed by atoms with Crippen molar-refractivity contribution in [2.75, 3.05) is 43.3 Å². The average Bonchev–Trinajstić information content (AvgIpc) is 2.64. The number of nitrogens with zero attached hydrogens (tertiary/aromatic N) is 2. The van der Waals surface area contributed by atoms with Crippen LogP contribution < -0.4 is 18.7 Å². The number of methoxy groups -OCH3 is 2. The summed E-state index contributed by atoms with van der Waals surface area (Å²) in [5.74, 6) is 0.399. The predicted molar refractivity (Wildman–Crippen MR) is 102 cm³/mol. The number of carbonyl (C=O) groups is 1. The Labute approximate surface area is 153 Å². The zero-order valence-electron chi connectivity index (χ0n) is 15.2. The van der Waals surface area contributed by atoms with Crippen LogP contribution in [-0.2, 0) is 14.8 Å². The van der Waals surface area contributed by atoms with E-state index in [1.807, 2.05) is 6.07 Å². The molecule has 1 amide bonds. The summed E-state index contributed by atoms with van der Waals surface area (Å²) in [5.41, 5.74) is 0.910. The van der Waals surface area contributed by atoms with Crippen molar-refractivity contribution in [1.29, 1.82) is 0 Å². The minimum absolute atomic E-state index is 0.240. The molecule has 0 spiro atoms. The van der Waals surface area contributed by atoms with Crippen molar-refractivity contribution in [2.45, 2.75) is 0 Å². The number of para-hydroxylation sites is 1. The summed E-state index contributed by atoms with van der Waals surface area (Å²) in [7, 11) is 0.773. The molecule has 140 valence electrons. The summed E-state index contributed by atoms with van der Waals surface area (Å²) in [4.78, 5) is 14.1. The van der Waals surface area contributed by atoms with Crippen LogP contribution in [0.15, 0.2) is 48.5 Å². The van der Waals surface area contributed by atoms with Crippen LogP contribution in [0.25, 0.3) is 0 Å². The van der Waals surface area contributed by atoms with Crippen molar-refractivity contribution in [3.05, 3.63) is 48.5 Å². The van der Waals surface area contributed by atoms with E-state index in [0.717, 1.165) is 10.6 Å². The van der Waals surface area contributed by atoms with E-state index in [-0.39, 0.29) is 18.1 Å². The fraction of sp³-hybridized carbons (Fsp3) is 0.278. The Kier molecular flexibility index (Phi) is 6.10.